The first kappa shape index (κ1) is 12.2. The van der Waals surface area contributed by atoms with Gasteiger partial charge in [0.2, 0.25) is 0 Å². The summed E-state index contributed by atoms with van der Waals surface area (Å²) in [6.45, 7) is 6.17. The van der Waals surface area contributed by atoms with Crippen molar-refractivity contribution >= 4 is 28.3 Å². The highest BCUT2D eigenvalue weighted by molar-refractivity contribution is 6.35. The molecule has 3 heteroatoms. The van der Waals surface area contributed by atoms with E-state index in [1.807, 2.05) is 55.8 Å². The first-order chi connectivity index (χ1) is 7.89. The number of ketones is 1. The summed E-state index contributed by atoms with van der Waals surface area (Å²) in [5, 5.41) is 1.76. The molecular formula is C14H16ClNO. The average Bonchev–Trinajstić information content (AvgIpc) is 2.61. The Bertz CT molecular complexity index is 563. The van der Waals surface area contributed by atoms with Gasteiger partial charge in [-0.25, -0.2) is 0 Å². The number of rotatable bonds is 2. The minimum atomic E-state index is -0.322. The third-order valence-corrected chi connectivity index (χ3v) is 3.19. The summed E-state index contributed by atoms with van der Waals surface area (Å²) in [6, 6.07) is 7.75. The molecule has 0 spiro atoms. The van der Waals surface area contributed by atoms with Gasteiger partial charge >= 0.3 is 0 Å². The van der Waals surface area contributed by atoms with Crippen LogP contribution in [-0.2, 0) is 11.3 Å². The van der Waals surface area contributed by atoms with Crippen LogP contribution in [0.3, 0.4) is 0 Å². The van der Waals surface area contributed by atoms with Crippen molar-refractivity contribution in [3.63, 3.8) is 0 Å². The van der Waals surface area contributed by atoms with Crippen molar-refractivity contribution in [3.05, 3.63) is 35.5 Å². The lowest BCUT2D eigenvalue weighted by Crippen LogP contribution is -2.24. The van der Waals surface area contributed by atoms with Crippen LogP contribution in [0, 0.1) is 5.41 Å². The summed E-state index contributed by atoms with van der Waals surface area (Å²) >= 11 is 6.17. The van der Waals surface area contributed by atoms with Crippen LogP contribution in [0.2, 0.25) is 5.02 Å². The first-order valence-corrected chi connectivity index (χ1v) is 6.04. The van der Waals surface area contributed by atoms with Gasteiger partial charge in [-0.3, -0.25) is 4.79 Å². The first-order valence-electron chi connectivity index (χ1n) is 5.66. The number of Topliss-reactive ketones (excluding diaryl/α,β-unsaturated/α-hetero) is 1. The molecule has 17 heavy (non-hydrogen) atoms. The van der Waals surface area contributed by atoms with Crippen LogP contribution in [0.15, 0.2) is 30.5 Å². The van der Waals surface area contributed by atoms with Gasteiger partial charge in [-0.1, -0.05) is 44.5 Å². The van der Waals surface area contributed by atoms with E-state index >= 15 is 0 Å². The molecule has 2 rings (SSSR count). The highest BCUT2D eigenvalue weighted by Gasteiger charge is 2.21. The van der Waals surface area contributed by atoms with Gasteiger partial charge in [-0.15, -0.1) is 0 Å². The van der Waals surface area contributed by atoms with E-state index in [0.717, 1.165) is 10.9 Å². The summed E-state index contributed by atoms with van der Waals surface area (Å²) in [5.74, 6) is 0.204. The predicted molar refractivity (Wildman–Crippen MR) is 71.4 cm³/mol. The highest BCUT2D eigenvalue weighted by atomic mass is 35.5. The number of aromatic nitrogens is 1. The summed E-state index contributed by atoms with van der Waals surface area (Å²) in [6.07, 6.45) is 1.92. The number of fused-ring (bicyclic) bond motifs is 1. The van der Waals surface area contributed by atoms with Crippen LogP contribution >= 0.6 is 11.6 Å². The van der Waals surface area contributed by atoms with Crippen molar-refractivity contribution in [2.24, 2.45) is 5.41 Å². The largest absolute Gasteiger partial charge is 0.339 e. The van der Waals surface area contributed by atoms with Crippen molar-refractivity contribution in [1.29, 1.82) is 0 Å². The molecule has 1 aromatic heterocycles. The van der Waals surface area contributed by atoms with Crippen molar-refractivity contribution < 1.29 is 4.79 Å². The number of carbonyl (C=O) groups excluding carboxylic acids is 1. The fourth-order valence-electron chi connectivity index (χ4n) is 1.74. The van der Waals surface area contributed by atoms with Crippen molar-refractivity contribution in [3.8, 4) is 0 Å². The van der Waals surface area contributed by atoms with E-state index in [9.17, 15) is 4.79 Å². The van der Waals surface area contributed by atoms with Crippen LogP contribution in [0.5, 0.6) is 0 Å². The minimum absolute atomic E-state index is 0.204. The average molecular weight is 250 g/mol. The Morgan fingerprint density at radius 3 is 2.65 bits per heavy atom. The zero-order chi connectivity index (χ0) is 12.6. The van der Waals surface area contributed by atoms with Crippen molar-refractivity contribution in [2.75, 3.05) is 0 Å². The molecule has 0 radical (unpaired) electrons. The lowest BCUT2D eigenvalue weighted by Gasteiger charge is -2.17. The van der Waals surface area contributed by atoms with Crippen LogP contribution < -0.4 is 0 Å². The van der Waals surface area contributed by atoms with Gasteiger partial charge in [0.25, 0.3) is 0 Å². The zero-order valence-electron chi connectivity index (χ0n) is 10.3. The molecule has 0 saturated heterocycles. The number of para-hydroxylation sites is 1. The van der Waals surface area contributed by atoms with Gasteiger partial charge in [-0.05, 0) is 12.1 Å². The molecule has 0 aliphatic heterocycles. The van der Waals surface area contributed by atoms with Gasteiger partial charge in [0.1, 0.15) is 0 Å². The highest BCUT2D eigenvalue weighted by Crippen LogP contribution is 2.25. The number of nitrogens with zero attached hydrogens (tertiary/aromatic N) is 1. The maximum absolute atomic E-state index is 12.0. The lowest BCUT2D eigenvalue weighted by molar-refractivity contribution is -0.126. The standard InChI is InChI=1S/C14H16ClNO/c1-14(2,3)12(17)9-16-8-7-10-5-4-6-11(15)13(10)16/h4-8H,9H2,1-3H3. The van der Waals surface area contributed by atoms with Crippen LogP contribution in [0.1, 0.15) is 20.8 Å². The van der Waals surface area contributed by atoms with E-state index < -0.39 is 0 Å². The van der Waals surface area contributed by atoms with E-state index in [2.05, 4.69) is 0 Å². The predicted octanol–water partition coefficient (Wildman–Crippen LogP) is 3.91. The molecule has 0 aliphatic rings. The number of hydrogen-bond donors (Lipinski definition) is 0. The quantitative estimate of drug-likeness (QED) is 0.791. The van der Waals surface area contributed by atoms with Crippen LogP contribution in [0.25, 0.3) is 10.9 Å². The number of hydrogen-bond acceptors (Lipinski definition) is 1. The molecule has 0 bridgehead atoms. The van der Waals surface area contributed by atoms with E-state index in [4.69, 9.17) is 11.6 Å². The molecule has 1 aromatic carbocycles. The zero-order valence-corrected chi connectivity index (χ0v) is 11.1. The summed E-state index contributed by atoms with van der Waals surface area (Å²) < 4.78 is 1.92. The lowest BCUT2D eigenvalue weighted by atomic mass is 9.91. The molecule has 0 atom stereocenters. The van der Waals surface area contributed by atoms with Crippen molar-refractivity contribution in [1.82, 2.24) is 4.57 Å². The van der Waals surface area contributed by atoms with E-state index in [-0.39, 0.29) is 11.2 Å². The summed E-state index contributed by atoms with van der Waals surface area (Å²) in [7, 11) is 0. The Morgan fingerprint density at radius 1 is 1.29 bits per heavy atom. The monoisotopic (exact) mass is 249 g/mol. The van der Waals surface area contributed by atoms with Gasteiger partial charge in [0.15, 0.2) is 5.78 Å². The Labute approximate surface area is 106 Å². The molecule has 2 nitrogen and oxygen atoms in total. The molecule has 1 heterocycles. The van der Waals surface area contributed by atoms with Gasteiger partial charge < -0.3 is 4.57 Å². The Kier molecular flexibility index (Phi) is 3.00. The Hall–Kier alpha value is -1.28. The van der Waals surface area contributed by atoms with Crippen LogP contribution in [0.4, 0.5) is 0 Å². The third kappa shape index (κ3) is 2.37. The van der Waals surface area contributed by atoms with Gasteiger partial charge in [0, 0.05) is 17.0 Å². The molecule has 0 fully saturated rings. The normalized spacial score (nSPS) is 12.0. The van der Waals surface area contributed by atoms with Gasteiger partial charge in [-0.2, -0.15) is 0 Å². The molecular weight excluding hydrogens is 234 g/mol. The molecule has 2 aromatic rings. The van der Waals surface area contributed by atoms with Crippen LogP contribution in [-0.4, -0.2) is 10.4 Å². The topological polar surface area (TPSA) is 22.0 Å². The molecule has 0 aliphatic carbocycles. The number of carbonyl (C=O) groups is 1. The smallest absolute Gasteiger partial charge is 0.157 e. The molecule has 0 saturated carbocycles. The maximum Gasteiger partial charge on any atom is 0.157 e. The third-order valence-electron chi connectivity index (χ3n) is 2.89. The second kappa shape index (κ2) is 4.19. The number of halogens is 1. The molecule has 90 valence electrons. The van der Waals surface area contributed by atoms with Gasteiger partial charge in [0.05, 0.1) is 17.1 Å². The van der Waals surface area contributed by atoms with E-state index in [0.29, 0.717) is 11.6 Å². The second-order valence-electron chi connectivity index (χ2n) is 5.29. The maximum atomic E-state index is 12.0. The fourth-order valence-corrected chi connectivity index (χ4v) is 2.03. The summed E-state index contributed by atoms with van der Waals surface area (Å²) in [5.41, 5.74) is 0.615. The Balaban J connectivity index is 2.41. The summed E-state index contributed by atoms with van der Waals surface area (Å²) in [4.78, 5) is 12.0. The van der Waals surface area contributed by atoms with E-state index in [1.165, 1.54) is 0 Å². The van der Waals surface area contributed by atoms with E-state index in [1.54, 1.807) is 0 Å². The Morgan fingerprint density at radius 2 is 2.00 bits per heavy atom. The molecule has 0 unspecified atom stereocenters. The molecule has 0 N–H and O–H groups in total. The SMILES string of the molecule is CC(C)(C)C(=O)Cn1ccc2cccc(Cl)c21. The fraction of sp³-hybridized carbons (Fsp3) is 0.357. The van der Waals surface area contributed by atoms with Crippen molar-refractivity contribution in [2.45, 2.75) is 27.3 Å². The molecule has 0 amide bonds. The number of benzene rings is 1. The second-order valence-corrected chi connectivity index (χ2v) is 5.70. The minimum Gasteiger partial charge on any atom is -0.339 e.